The van der Waals surface area contributed by atoms with Crippen molar-refractivity contribution in [2.45, 2.75) is 6.92 Å². The minimum Gasteiger partial charge on any atom is -0.270 e. The van der Waals surface area contributed by atoms with E-state index in [1.807, 2.05) is 0 Å². The van der Waals surface area contributed by atoms with Crippen LogP contribution in [0, 0.1) is 0 Å². The average Bonchev–Trinajstić information content (AvgIpc) is 2.11. The van der Waals surface area contributed by atoms with Crippen molar-refractivity contribution >= 4 is 5.91 Å². The molecule has 0 spiro atoms. The molecule has 0 aliphatic rings. The Balaban J connectivity index is 4.21. The Labute approximate surface area is 79.4 Å². The lowest BCUT2D eigenvalue weighted by atomic mass is 10.3. The van der Waals surface area contributed by atoms with Gasteiger partial charge in [0.25, 0.3) is 5.91 Å². The zero-order chi connectivity index (χ0) is 10.3. The van der Waals surface area contributed by atoms with Crippen LogP contribution in [-0.4, -0.2) is 24.0 Å². The summed E-state index contributed by atoms with van der Waals surface area (Å²) in [7, 11) is 0. The summed E-state index contributed by atoms with van der Waals surface area (Å²) in [6, 6.07) is 0. The van der Waals surface area contributed by atoms with E-state index in [1.165, 1.54) is 5.01 Å². The minimum absolute atomic E-state index is 0.123. The summed E-state index contributed by atoms with van der Waals surface area (Å²) < 4.78 is 0. The van der Waals surface area contributed by atoms with Crippen LogP contribution < -0.4 is 5.43 Å². The van der Waals surface area contributed by atoms with Gasteiger partial charge in [0.2, 0.25) is 0 Å². The second kappa shape index (κ2) is 6.20. The third-order valence-electron chi connectivity index (χ3n) is 1.35. The summed E-state index contributed by atoms with van der Waals surface area (Å²) in [4.78, 5) is 11.4. The van der Waals surface area contributed by atoms with Gasteiger partial charge in [-0.1, -0.05) is 18.7 Å². The molecule has 1 amide bonds. The fourth-order valence-electron chi connectivity index (χ4n) is 0.753. The number of nitrogens with zero attached hydrogens (tertiary/aromatic N) is 1. The van der Waals surface area contributed by atoms with Crippen molar-refractivity contribution in [2.75, 3.05) is 13.1 Å². The standard InChI is InChI=1S/C10H16N2O/c1-5-7-11-12(8-6-2)10(13)9(3)4/h5-6,11H,1-3,7-8H2,4H3. The number of nitrogens with one attached hydrogen (secondary N) is 1. The molecule has 0 radical (unpaired) electrons. The van der Waals surface area contributed by atoms with Crippen molar-refractivity contribution in [3.8, 4) is 0 Å². The van der Waals surface area contributed by atoms with Gasteiger partial charge in [0.1, 0.15) is 0 Å². The smallest absolute Gasteiger partial charge is 0.263 e. The van der Waals surface area contributed by atoms with Crippen molar-refractivity contribution in [1.82, 2.24) is 10.4 Å². The average molecular weight is 180 g/mol. The lowest BCUT2D eigenvalue weighted by molar-refractivity contribution is -0.129. The molecule has 72 valence electrons. The molecule has 13 heavy (non-hydrogen) atoms. The van der Waals surface area contributed by atoms with Crippen LogP contribution in [0.3, 0.4) is 0 Å². The summed E-state index contributed by atoms with van der Waals surface area (Å²) in [5, 5.41) is 1.46. The maximum Gasteiger partial charge on any atom is 0.263 e. The van der Waals surface area contributed by atoms with E-state index in [-0.39, 0.29) is 5.91 Å². The molecule has 3 nitrogen and oxygen atoms in total. The van der Waals surface area contributed by atoms with Gasteiger partial charge in [-0.2, -0.15) is 0 Å². The van der Waals surface area contributed by atoms with Gasteiger partial charge in [-0.05, 0) is 6.92 Å². The molecule has 1 N–H and O–H groups in total. The number of hydrogen-bond acceptors (Lipinski definition) is 2. The number of carbonyl (C=O) groups excluding carboxylic acids is 1. The quantitative estimate of drug-likeness (QED) is 0.379. The first-order valence-corrected chi connectivity index (χ1v) is 4.06. The lowest BCUT2D eigenvalue weighted by Gasteiger charge is -2.21. The molecule has 0 heterocycles. The molecule has 3 heteroatoms. The van der Waals surface area contributed by atoms with Gasteiger partial charge in [0, 0.05) is 12.1 Å². The summed E-state index contributed by atoms with van der Waals surface area (Å²) in [5.74, 6) is -0.123. The molecule has 0 atom stereocenters. The number of rotatable bonds is 6. The highest BCUT2D eigenvalue weighted by Crippen LogP contribution is 1.95. The van der Waals surface area contributed by atoms with Gasteiger partial charge in [-0.25, -0.2) is 5.43 Å². The molecule has 0 rings (SSSR count). The van der Waals surface area contributed by atoms with Gasteiger partial charge < -0.3 is 0 Å². The summed E-state index contributed by atoms with van der Waals surface area (Å²) in [5.41, 5.74) is 3.38. The van der Waals surface area contributed by atoms with Crippen LogP contribution in [0.25, 0.3) is 0 Å². The van der Waals surface area contributed by atoms with Crippen molar-refractivity contribution in [3.63, 3.8) is 0 Å². The Morgan fingerprint density at radius 2 is 2.08 bits per heavy atom. The molecule has 0 aliphatic carbocycles. The monoisotopic (exact) mass is 180 g/mol. The topological polar surface area (TPSA) is 32.3 Å². The van der Waals surface area contributed by atoms with E-state index in [4.69, 9.17) is 0 Å². The van der Waals surface area contributed by atoms with E-state index >= 15 is 0 Å². The zero-order valence-electron chi connectivity index (χ0n) is 8.05. The number of amides is 1. The molecule has 0 fully saturated rings. The molecule has 0 aromatic carbocycles. The normalized spacial score (nSPS) is 9.00. The second-order valence-electron chi connectivity index (χ2n) is 2.64. The number of carbonyl (C=O) groups is 1. The van der Waals surface area contributed by atoms with Crippen LogP contribution in [0.2, 0.25) is 0 Å². The van der Waals surface area contributed by atoms with Gasteiger partial charge in [-0.15, -0.1) is 13.2 Å². The molecule has 0 aliphatic heterocycles. The molecular formula is C10H16N2O. The summed E-state index contributed by atoms with van der Waals surface area (Å²) >= 11 is 0. The van der Waals surface area contributed by atoms with Crippen molar-refractivity contribution < 1.29 is 4.79 Å². The Bertz CT molecular complexity index is 221. The van der Waals surface area contributed by atoms with E-state index in [1.54, 1.807) is 19.1 Å². The van der Waals surface area contributed by atoms with E-state index in [0.717, 1.165) is 0 Å². The second-order valence-corrected chi connectivity index (χ2v) is 2.64. The molecule has 0 aromatic heterocycles. The van der Waals surface area contributed by atoms with Gasteiger partial charge >= 0.3 is 0 Å². The maximum absolute atomic E-state index is 11.4. The zero-order valence-corrected chi connectivity index (χ0v) is 8.05. The largest absolute Gasteiger partial charge is 0.270 e. The van der Waals surface area contributed by atoms with E-state index in [9.17, 15) is 4.79 Å². The Hall–Kier alpha value is -1.35. The SMILES string of the molecule is C=CCNN(CC=C)C(=O)C(=C)C. The third-order valence-corrected chi connectivity index (χ3v) is 1.35. The van der Waals surface area contributed by atoms with Gasteiger partial charge in [0.15, 0.2) is 0 Å². The van der Waals surface area contributed by atoms with Crippen LogP contribution in [0.1, 0.15) is 6.92 Å². The molecule has 0 saturated heterocycles. The predicted octanol–water partition coefficient (Wildman–Crippen LogP) is 1.27. The lowest BCUT2D eigenvalue weighted by Crippen LogP contribution is -2.43. The highest BCUT2D eigenvalue weighted by Gasteiger charge is 2.10. The van der Waals surface area contributed by atoms with Crippen LogP contribution in [-0.2, 0) is 4.79 Å². The Morgan fingerprint density at radius 1 is 1.46 bits per heavy atom. The fourth-order valence-corrected chi connectivity index (χ4v) is 0.753. The van der Waals surface area contributed by atoms with E-state index in [0.29, 0.717) is 18.7 Å². The molecular weight excluding hydrogens is 164 g/mol. The first-order chi connectivity index (χ1) is 6.13. The van der Waals surface area contributed by atoms with Crippen molar-refractivity contribution in [3.05, 3.63) is 37.5 Å². The molecule has 0 aromatic rings. The fraction of sp³-hybridized carbons (Fsp3) is 0.300. The third kappa shape index (κ3) is 4.28. The van der Waals surface area contributed by atoms with Crippen LogP contribution in [0.5, 0.6) is 0 Å². The highest BCUT2D eigenvalue weighted by atomic mass is 16.2. The highest BCUT2D eigenvalue weighted by molar-refractivity contribution is 5.91. The summed E-state index contributed by atoms with van der Waals surface area (Å²) in [6.07, 6.45) is 3.33. The van der Waals surface area contributed by atoms with Gasteiger partial charge in [0.05, 0.1) is 6.54 Å². The number of hydrogen-bond donors (Lipinski definition) is 1. The van der Waals surface area contributed by atoms with E-state index in [2.05, 4.69) is 25.2 Å². The van der Waals surface area contributed by atoms with Crippen LogP contribution >= 0.6 is 0 Å². The van der Waals surface area contributed by atoms with Gasteiger partial charge in [-0.3, -0.25) is 9.80 Å². The molecule has 0 bridgehead atoms. The maximum atomic E-state index is 11.4. The van der Waals surface area contributed by atoms with Crippen molar-refractivity contribution in [1.29, 1.82) is 0 Å². The summed E-state index contributed by atoms with van der Waals surface area (Å²) in [6.45, 7) is 13.4. The first kappa shape index (κ1) is 11.6. The Morgan fingerprint density at radius 3 is 2.46 bits per heavy atom. The Kier molecular flexibility index (Phi) is 5.55. The predicted molar refractivity (Wildman–Crippen MR) is 54.9 cm³/mol. The van der Waals surface area contributed by atoms with E-state index < -0.39 is 0 Å². The van der Waals surface area contributed by atoms with Crippen LogP contribution in [0.4, 0.5) is 0 Å². The molecule has 0 unspecified atom stereocenters. The van der Waals surface area contributed by atoms with Crippen LogP contribution in [0.15, 0.2) is 37.5 Å². The first-order valence-electron chi connectivity index (χ1n) is 4.06. The van der Waals surface area contributed by atoms with Crippen molar-refractivity contribution in [2.24, 2.45) is 0 Å². The minimum atomic E-state index is -0.123. The number of hydrazine groups is 1. The molecule has 0 saturated carbocycles.